The maximum absolute atomic E-state index is 13.2. The molecule has 5 nitrogen and oxygen atoms in total. The van der Waals surface area contributed by atoms with Crippen LogP contribution in [-0.2, 0) is 6.42 Å². The van der Waals surface area contributed by atoms with Gasteiger partial charge in [-0.05, 0) is 37.1 Å². The lowest BCUT2D eigenvalue weighted by atomic mass is 10.1. The van der Waals surface area contributed by atoms with Crippen LogP contribution in [0.3, 0.4) is 0 Å². The Hall–Kier alpha value is -2.11. The van der Waals surface area contributed by atoms with E-state index in [2.05, 4.69) is 5.32 Å². The fourth-order valence-corrected chi connectivity index (χ4v) is 1.74. The second-order valence-electron chi connectivity index (χ2n) is 3.76. The molecule has 0 aliphatic rings. The molecule has 1 aromatic carbocycles. The number of guanidine groups is 2. The van der Waals surface area contributed by atoms with Crippen molar-refractivity contribution in [2.24, 2.45) is 5.73 Å². The van der Waals surface area contributed by atoms with Crippen molar-refractivity contribution < 1.29 is 4.39 Å². The van der Waals surface area contributed by atoms with Crippen LogP contribution in [0.2, 0.25) is 0 Å². The molecule has 98 valence electrons. The first-order chi connectivity index (χ1) is 8.49. The fraction of sp³-hybridized carbons (Fsp3) is 0.333. The fourth-order valence-electron chi connectivity index (χ4n) is 1.74. The van der Waals surface area contributed by atoms with Gasteiger partial charge in [-0.2, -0.15) is 0 Å². The Morgan fingerprint density at radius 1 is 1.39 bits per heavy atom. The minimum absolute atomic E-state index is 0.00584. The Labute approximate surface area is 106 Å². The molecule has 5 N–H and O–H groups in total. The highest BCUT2D eigenvalue weighted by molar-refractivity contribution is 6.03. The van der Waals surface area contributed by atoms with E-state index >= 15 is 0 Å². The summed E-state index contributed by atoms with van der Waals surface area (Å²) in [5.74, 6) is -0.581. The summed E-state index contributed by atoms with van der Waals surface area (Å²) in [6, 6.07) is 4.45. The van der Waals surface area contributed by atoms with Crippen LogP contribution in [0.1, 0.15) is 19.4 Å². The third-order valence-corrected chi connectivity index (χ3v) is 2.55. The number of halogens is 1. The van der Waals surface area contributed by atoms with Crippen LogP contribution < -0.4 is 16.0 Å². The number of aryl methyl sites for hydroxylation is 1. The van der Waals surface area contributed by atoms with Crippen LogP contribution in [0.25, 0.3) is 0 Å². The summed E-state index contributed by atoms with van der Waals surface area (Å²) in [6.45, 7) is 4.32. The number of benzene rings is 1. The van der Waals surface area contributed by atoms with Gasteiger partial charge in [0.2, 0.25) is 5.96 Å². The Morgan fingerprint density at radius 3 is 2.56 bits per heavy atom. The van der Waals surface area contributed by atoms with Gasteiger partial charge in [-0.3, -0.25) is 16.1 Å². The molecule has 0 spiro atoms. The molecule has 1 aromatic rings. The van der Waals surface area contributed by atoms with E-state index < -0.39 is 0 Å². The topological polar surface area (TPSA) is 89.0 Å². The molecule has 0 saturated heterocycles. The zero-order valence-electron chi connectivity index (χ0n) is 10.5. The summed E-state index contributed by atoms with van der Waals surface area (Å²) in [6.07, 6.45) is 0.664. The first-order valence-electron chi connectivity index (χ1n) is 5.75. The summed E-state index contributed by atoms with van der Waals surface area (Å²) in [5.41, 5.74) is 6.77. The van der Waals surface area contributed by atoms with Crippen LogP contribution in [0.4, 0.5) is 10.1 Å². The van der Waals surface area contributed by atoms with Gasteiger partial charge in [0.25, 0.3) is 0 Å². The van der Waals surface area contributed by atoms with E-state index in [1.54, 1.807) is 11.0 Å². The summed E-state index contributed by atoms with van der Waals surface area (Å²) in [7, 11) is 0. The van der Waals surface area contributed by atoms with Crippen LogP contribution in [0.5, 0.6) is 0 Å². The highest BCUT2D eigenvalue weighted by Crippen LogP contribution is 2.22. The molecule has 0 atom stereocenters. The van der Waals surface area contributed by atoms with Crippen molar-refractivity contribution in [1.29, 1.82) is 10.8 Å². The van der Waals surface area contributed by atoms with Crippen LogP contribution in [-0.4, -0.2) is 18.5 Å². The highest BCUT2D eigenvalue weighted by atomic mass is 19.1. The normalized spacial score (nSPS) is 9.94. The van der Waals surface area contributed by atoms with Gasteiger partial charge in [-0.25, -0.2) is 4.39 Å². The molecule has 0 fully saturated rings. The summed E-state index contributed by atoms with van der Waals surface area (Å²) in [5, 5.41) is 17.4. The monoisotopic (exact) mass is 251 g/mol. The molecule has 18 heavy (non-hydrogen) atoms. The van der Waals surface area contributed by atoms with Gasteiger partial charge in [0.1, 0.15) is 5.82 Å². The molecule has 0 radical (unpaired) electrons. The lowest BCUT2D eigenvalue weighted by Crippen LogP contribution is -2.46. The minimum Gasteiger partial charge on any atom is -0.370 e. The second-order valence-corrected chi connectivity index (χ2v) is 3.76. The Morgan fingerprint density at radius 2 is 2.06 bits per heavy atom. The predicted molar refractivity (Wildman–Crippen MR) is 71.6 cm³/mol. The van der Waals surface area contributed by atoms with Gasteiger partial charge in [0.15, 0.2) is 5.96 Å². The molecule has 0 unspecified atom stereocenters. The van der Waals surface area contributed by atoms with Crippen LogP contribution in [0.15, 0.2) is 18.2 Å². The van der Waals surface area contributed by atoms with Crippen molar-refractivity contribution in [2.45, 2.75) is 20.3 Å². The van der Waals surface area contributed by atoms with E-state index in [1.165, 1.54) is 12.1 Å². The minimum atomic E-state index is -0.294. The SMILES string of the molecule is CCc1cc(F)ccc1N(CC)C(=N)NC(=N)N. The number of hydrogen-bond acceptors (Lipinski definition) is 2. The first-order valence-corrected chi connectivity index (χ1v) is 5.75. The van der Waals surface area contributed by atoms with E-state index in [0.29, 0.717) is 13.0 Å². The van der Waals surface area contributed by atoms with Gasteiger partial charge < -0.3 is 10.6 Å². The number of hydrogen-bond donors (Lipinski definition) is 4. The van der Waals surface area contributed by atoms with Gasteiger partial charge in [-0.15, -0.1) is 0 Å². The van der Waals surface area contributed by atoms with Crippen molar-refractivity contribution in [3.8, 4) is 0 Å². The lowest BCUT2D eigenvalue weighted by molar-refractivity contribution is 0.625. The third-order valence-electron chi connectivity index (χ3n) is 2.55. The average molecular weight is 251 g/mol. The van der Waals surface area contributed by atoms with Crippen molar-refractivity contribution in [3.63, 3.8) is 0 Å². The van der Waals surface area contributed by atoms with Crippen molar-refractivity contribution in [2.75, 3.05) is 11.4 Å². The standard InChI is InChI=1S/C12H18FN5/c1-3-8-7-9(13)5-6-10(8)18(4-2)12(16)17-11(14)15/h5-7H,3-4H2,1-2H3,(H5,14,15,16,17). The summed E-state index contributed by atoms with van der Waals surface area (Å²) < 4.78 is 13.2. The molecule has 6 heteroatoms. The Kier molecular flexibility index (Phi) is 4.65. The van der Waals surface area contributed by atoms with Crippen molar-refractivity contribution >= 4 is 17.6 Å². The van der Waals surface area contributed by atoms with Gasteiger partial charge >= 0.3 is 0 Å². The predicted octanol–water partition coefficient (Wildman–Crippen LogP) is 1.63. The zero-order chi connectivity index (χ0) is 13.7. The summed E-state index contributed by atoms with van der Waals surface area (Å²) >= 11 is 0. The van der Waals surface area contributed by atoms with Crippen LogP contribution in [0, 0.1) is 16.6 Å². The number of nitrogens with one attached hydrogen (secondary N) is 3. The second kappa shape index (κ2) is 6.00. The molecule has 0 heterocycles. The average Bonchev–Trinajstić information content (AvgIpc) is 2.30. The van der Waals surface area contributed by atoms with E-state index in [9.17, 15) is 4.39 Å². The number of anilines is 1. The highest BCUT2D eigenvalue weighted by Gasteiger charge is 2.14. The third kappa shape index (κ3) is 3.19. The van der Waals surface area contributed by atoms with Crippen molar-refractivity contribution in [3.05, 3.63) is 29.6 Å². The zero-order valence-corrected chi connectivity index (χ0v) is 10.5. The maximum atomic E-state index is 13.2. The molecule has 0 aliphatic carbocycles. The van der Waals surface area contributed by atoms with E-state index in [1.807, 2.05) is 13.8 Å². The number of nitrogens with zero attached hydrogens (tertiary/aromatic N) is 1. The largest absolute Gasteiger partial charge is 0.370 e. The smallest absolute Gasteiger partial charge is 0.202 e. The van der Waals surface area contributed by atoms with E-state index in [-0.39, 0.29) is 17.7 Å². The number of rotatable bonds is 3. The Bertz CT molecular complexity index is 458. The van der Waals surface area contributed by atoms with Gasteiger partial charge in [0.05, 0.1) is 0 Å². The van der Waals surface area contributed by atoms with Gasteiger partial charge in [0, 0.05) is 12.2 Å². The molecular formula is C12H18FN5. The quantitative estimate of drug-likeness (QED) is 0.486. The lowest BCUT2D eigenvalue weighted by Gasteiger charge is -2.26. The maximum Gasteiger partial charge on any atom is 0.202 e. The summed E-state index contributed by atoms with van der Waals surface area (Å²) in [4.78, 5) is 1.64. The van der Waals surface area contributed by atoms with Gasteiger partial charge in [-0.1, -0.05) is 6.92 Å². The first kappa shape index (κ1) is 14.0. The van der Waals surface area contributed by atoms with E-state index in [4.69, 9.17) is 16.6 Å². The number of nitrogens with two attached hydrogens (primary N) is 1. The molecule has 0 bridgehead atoms. The molecule has 1 rings (SSSR count). The Balaban J connectivity index is 3.08. The van der Waals surface area contributed by atoms with E-state index in [0.717, 1.165) is 11.3 Å². The van der Waals surface area contributed by atoms with Crippen molar-refractivity contribution in [1.82, 2.24) is 5.32 Å². The molecule has 0 aromatic heterocycles. The molecular weight excluding hydrogens is 233 g/mol. The molecule has 0 aliphatic heterocycles. The van der Waals surface area contributed by atoms with Crippen LogP contribution >= 0.6 is 0 Å². The molecule has 0 amide bonds. The molecule has 0 saturated carbocycles.